The van der Waals surface area contributed by atoms with Crippen LogP contribution in [-0.4, -0.2) is 22.8 Å². The van der Waals surface area contributed by atoms with Crippen LogP contribution in [-0.2, 0) is 0 Å². The molecule has 1 aromatic carbocycles. The predicted octanol–water partition coefficient (Wildman–Crippen LogP) is 3.02. The molecule has 4 N–H and O–H groups in total. The molecule has 0 aromatic heterocycles. The zero-order valence-electron chi connectivity index (χ0n) is 11.0. The quantitative estimate of drug-likeness (QED) is 0.496. The van der Waals surface area contributed by atoms with Crippen molar-refractivity contribution in [3.63, 3.8) is 0 Å². The molecule has 1 aromatic rings. The van der Waals surface area contributed by atoms with Gasteiger partial charge in [-0.2, -0.15) is 0 Å². The van der Waals surface area contributed by atoms with E-state index in [0.29, 0.717) is 12.2 Å². The summed E-state index contributed by atoms with van der Waals surface area (Å²) in [4.78, 5) is 11.6. The summed E-state index contributed by atoms with van der Waals surface area (Å²) in [6.07, 6.45) is 1.03. The third kappa shape index (κ3) is 4.61. The van der Waals surface area contributed by atoms with Gasteiger partial charge in [0.05, 0.1) is 11.1 Å². The number of urea groups is 1. The van der Waals surface area contributed by atoms with Crippen LogP contribution in [0.15, 0.2) is 12.1 Å². The average molecular weight is 287 g/mol. The van der Waals surface area contributed by atoms with Crippen molar-refractivity contribution in [2.45, 2.75) is 32.8 Å². The molecule has 5 nitrogen and oxygen atoms in total. The molecule has 0 saturated carbocycles. The van der Waals surface area contributed by atoms with Crippen LogP contribution in [0.25, 0.3) is 0 Å². The van der Waals surface area contributed by atoms with E-state index < -0.39 is 6.10 Å². The number of aliphatic hydroxyl groups is 1. The van der Waals surface area contributed by atoms with E-state index in [-0.39, 0.29) is 22.4 Å². The number of halogens is 1. The number of hydrogen-bond acceptors (Lipinski definition) is 3. The summed E-state index contributed by atoms with van der Waals surface area (Å²) in [5.74, 6) is -0.173. The molecule has 2 amide bonds. The van der Waals surface area contributed by atoms with Crippen LogP contribution in [0.3, 0.4) is 0 Å². The van der Waals surface area contributed by atoms with Crippen LogP contribution in [0.4, 0.5) is 10.5 Å². The largest absolute Gasteiger partial charge is 0.506 e. The lowest BCUT2D eigenvalue weighted by Gasteiger charge is -2.13. The zero-order chi connectivity index (χ0) is 14.4. The van der Waals surface area contributed by atoms with Crippen molar-refractivity contribution in [3.05, 3.63) is 22.7 Å². The van der Waals surface area contributed by atoms with Crippen LogP contribution < -0.4 is 10.6 Å². The topological polar surface area (TPSA) is 81.6 Å². The summed E-state index contributed by atoms with van der Waals surface area (Å²) in [5.41, 5.74) is 0.698. The molecule has 0 bridgehead atoms. The second-order valence-electron chi connectivity index (χ2n) is 4.31. The van der Waals surface area contributed by atoms with E-state index >= 15 is 0 Å². The highest BCUT2D eigenvalue weighted by Crippen LogP contribution is 2.34. The number of amides is 2. The lowest BCUT2D eigenvalue weighted by molar-refractivity contribution is 0.195. The Labute approximate surface area is 117 Å². The van der Waals surface area contributed by atoms with Gasteiger partial charge >= 0.3 is 6.03 Å². The van der Waals surface area contributed by atoms with Gasteiger partial charge in [-0.05, 0) is 25.5 Å². The Balaban J connectivity index is 2.76. The fourth-order valence-corrected chi connectivity index (χ4v) is 1.79. The molecule has 0 heterocycles. The van der Waals surface area contributed by atoms with Crippen LogP contribution in [0.2, 0.25) is 5.02 Å². The summed E-state index contributed by atoms with van der Waals surface area (Å²) < 4.78 is 0. The first-order valence-electron chi connectivity index (χ1n) is 6.21. The van der Waals surface area contributed by atoms with Crippen molar-refractivity contribution in [2.24, 2.45) is 0 Å². The second kappa shape index (κ2) is 7.21. The molecule has 1 unspecified atom stereocenters. The SMILES string of the molecule is CCCCNC(=O)Nc1cc(Cl)c(O)c(C(C)O)c1. The van der Waals surface area contributed by atoms with Crippen molar-refractivity contribution < 1.29 is 15.0 Å². The molecule has 0 radical (unpaired) electrons. The fourth-order valence-electron chi connectivity index (χ4n) is 1.56. The monoisotopic (exact) mass is 286 g/mol. The van der Waals surface area contributed by atoms with Gasteiger partial charge in [-0.25, -0.2) is 4.79 Å². The third-order valence-electron chi connectivity index (χ3n) is 2.62. The number of carbonyl (C=O) groups is 1. The van der Waals surface area contributed by atoms with Crippen LogP contribution in [0.5, 0.6) is 5.75 Å². The number of phenolic OH excluding ortho intramolecular Hbond substituents is 1. The van der Waals surface area contributed by atoms with Gasteiger partial charge in [0.2, 0.25) is 0 Å². The number of unbranched alkanes of at least 4 members (excludes halogenated alkanes) is 1. The Morgan fingerprint density at radius 3 is 2.74 bits per heavy atom. The number of anilines is 1. The molecule has 0 spiro atoms. The first-order chi connectivity index (χ1) is 8.95. The molecule has 1 atom stereocenters. The Hall–Kier alpha value is -1.46. The van der Waals surface area contributed by atoms with Crippen molar-refractivity contribution >= 4 is 23.3 Å². The summed E-state index contributed by atoms with van der Waals surface area (Å²) in [5, 5.41) is 24.6. The van der Waals surface area contributed by atoms with E-state index in [2.05, 4.69) is 10.6 Å². The smallest absolute Gasteiger partial charge is 0.319 e. The Bertz CT molecular complexity index is 450. The maximum Gasteiger partial charge on any atom is 0.319 e. The Morgan fingerprint density at radius 2 is 2.16 bits per heavy atom. The third-order valence-corrected chi connectivity index (χ3v) is 2.90. The van der Waals surface area contributed by atoms with E-state index in [1.54, 1.807) is 0 Å². The number of aliphatic hydroxyl groups excluding tert-OH is 1. The molecule has 0 aliphatic heterocycles. The van der Waals surface area contributed by atoms with Gasteiger partial charge in [0.1, 0.15) is 5.75 Å². The minimum atomic E-state index is -0.873. The maximum atomic E-state index is 11.6. The normalized spacial score (nSPS) is 12.0. The average Bonchev–Trinajstić information content (AvgIpc) is 2.33. The zero-order valence-corrected chi connectivity index (χ0v) is 11.8. The number of carbonyl (C=O) groups excluding carboxylic acids is 1. The van der Waals surface area contributed by atoms with Crippen molar-refractivity contribution in [2.75, 3.05) is 11.9 Å². The highest BCUT2D eigenvalue weighted by atomic mass is 35.5. The molecule has 6 heteroatoms. The standard InChI is InChI=1S/C13H19ClN2O3/c1-3-4-5-15-13(19)16-9-6-10(8(2)17)12(18)11(14)7-9/h6-8,17-18H,3-5H2,1-2H3,(H2,15,16,19). The lowest BCUT2D eigenvalue weighted by Crippen LogP contribution is -2.29. The van der Waals surface area contributed by atoms with Gasteiger partial charge in [-0.15, -0.1) is 0 Å². The molecule has 0 saturated heterocycles. The highest BCUT2D eigenvalue weighted by molar-refractivity contribution is 6.32. The number of aromatic hydroxyl groups is 1. The molecule has 0 aliphatic carbocycles. The van der Waals surface area contributed by atoms with Crippen molar-refractivity contribution in [1.29, 1.82) is 0 Å². The van der Waals surface area contributed by atoms with E-state index in [0.717, 1.165) is 12.8 Å². The second-order valence-corrected chi connectivity index (χ2v) is 4.71. The number of rotatable bonds is 5. The number of phenols is 1. The molecule has 1 rings (SSSR count). The number of hydrogen-bond donors (Lipinski definition) is 4. The number of nitrogens with one attached hydrogen (secondary N) is 2. The Morgan fingerprint density at radius 1 is 1.47 bits per heavy atom. The van der Waals surface area contributed by atoms with Crippen LogP contribution >= 0.6 is 11.6 Å². The van der Waals surface area contributed by atoms with Crippen LogP contribution in [0, 0.1) is 0 Å². The highest BCUT2D eigenvalue weighted by Gasteiger charge is 2.13. The molecule has 19 heavy (non-hydrogen) atoms. The fraction of sp³-hybridized carbons (Fsp3) is 0.462. The minimum Gasteiger partial charge on any atom is -0.506 e. The van der Waals surface area contributed by atoms with Gasteiger partial charge in [0.15, 0.2) is 0 Å². The maximum absolute atomic E-state index is 11.6. The number of benzene rings is 1. The van der Waals surface area contributed by atoms with E-state index in [1.165, 1.54) is 19.1 Å². The van der Waals surface area contributed by atoms with E-state index in [9.17, 15) is 15.0 Å². The first kappa shape index (κ1) is 15.6. The predicted molar refractivity (Wildman–Crippen MR) is 75.7 cm³/mol. The Kier molecular flexibility index (Phi) is 5.92. The van der Waals surface area contributed by atoms with Gasteiger partial charge < -0.3 is 20.8 Å². The molecular weight excluding hydrogens is 268 g/mol. The minimum absolute atomic E-state index is 0.0854. The van der Waals surface area contributed by atoms with Crippen molar-refractivity contribution in [3.8, 4) is 5.75 Å². The molecule has 106 valence electrons. The summed E-state index contributed by atoms with van der Waals surface area (Å²) in [6.45, 7) is 4.14. The summed E-state index contributed by atoms with van der Waals surface area (Å²) in [6, 6.07) is 2.58. The summed E-state index contributed by atoms with van der Waals surface area (Å²) >= 11 is 5.84. The van der Waals surface area contributed by atoms with E-state index in [4.69, 9.17) is 11.6 Å². The lowest BCUT2D eigenvalue weighted by atomic mass is 10.1. The van der Waals surface area contributed by atoms with Gasteiger partial charge in [0, 0.05) is 17.8 Å². The van der Waals surface area contributed by atoms with Crippen LogP contribution in [0.1, 0.15) is 38.4 Å². The van der Waals surface area contributed by atoms with Gasteiger partial charge in [-0.3, -0.25) is 0 Å². The summed E-state index contributed by atoms with van der Waals surface area (Å²) in [7, 11) is 0. The molecule has 0 aliphatic rings. The van der Waals surface area contributed by atoms with Gasteiger partial charge in [-0.1, -0.05) is 24.9 Å². The van der Waals surface area contributed by atoms with E-state index in [1.807, 2.05) is 6.92 Å². The van der Waals surface area contributed by atoms with Gasteiger partial charge in [0.25, 0.3) is 0 Å². The molecule has 0 fully saturated rings. The molecular formula is C13H19ClN2O3. The first-order valence-corrected chi connectivity index (χ1v) is 6.58. The van der Waals surface area contributed by atoms with Crippen molar-refractivity contribution in [1.82, 2.24) is 5.32 Å².